The van der Waals surface area contributed by atoms with Crippen molar-refractivity contribution in [3.05, 3.63) is 83.4 Å². The summed E-state index contributed by atoms with van der Waals surface area (Å²) < 4.78 is 11.7. The molecule has 34 heavy (non-hydrogen) atoms. The van der Waals surface area contributed by atoms with E-state index in [1.54, 1.807) is 18.1 Å². The number of carbonyl (C=O) groups excluding carboxylic acids is 2. The molecule has 0 bridgehead atoms. The Hall–Kier alpha value is -4.00. The molecule has 0 saturated heterocycles. The van der Waals surface area contributed by atoms with Gasteiger partial charge in [0.15, 0.2) is 11.5 Å². The van der Waals surface area contributed by atoms with E-state index in [0.29, 0.717) is 29.3 Å². The predicted octanol–water partition coefficient (Wildman–Crippen LogP) is 4.15. The molecule has 1 aliphatic rings. The molecule has 0 aliphatic carbocycles. The number of aryl methyl sites for hydroxylation is 1. The third-order valence-electron chi connectivity index (χ3n) is 5.85. The quantitative estimate of drug-likeness (QED) is 0.475. The summed E-state index contributed by atoms with van der Waals surface area (Å²) in [6, 6.07) is 21.3. The van der Waals surface area contributed by atoms with Gasteiger partial charge in [-0.2, -0.15) is 0 Å². The van der Waals surface area contributed by atoms with Crippen molar-refractivity contribution in [3.8, 4) is 11.5 Å². The lowest BCUT2D eigenvalue weighted by Gasteiger charge is -2.21. The molecule has 1 unspecified atom stereocenters. The van der Waals surface area contributed by atoms with Gasteiger partial charge in [-0.15, -0.1) is 0 Å². The number of primary amides is 1. The maximum Gasteiger partial charge on any atom is 0.259 e. The van der Waals surface area contributed by atoms with Crippen LogP contribution in [0.4, 0.5) is 11.4 Å². The number of fused-ring (bicyclic) bond motifs is 1. The number of amides is 2. The lowest BCUT2D eigenvalue weighted by molar-refractivity contribution is -0.116. The fourth-order valence-electron chi connectivity index (χ4n) is 4.02. The second-order valence-electron chi connectivity index (χ2n) is 8.37. The van der Waals surface area contributed by atoms with Crippen LogP contribution < -0.4 is 25.4 Å². The Labute approximate surface area is 199 Å². The Morgan fingerprint density at radius 2 is 1.88 bits per heavy atom. The maximum absolute atomic E-state index is 13.2. The number of methoxy groups -OCH3 is 1. The predicted molar refractivity (Wildman–Crippen MR) is 132 cm³/mol. The molecule has 4 rings (SSSR count). The van der Waals surface area contributed by atoms with E-state index in [9.17, 15) is 9.59 Å². The molecule has 176 valence electrons. The zero-order valence-corrected chi connectivity index (χ0v) is 19.4. The number of ether oxygens (including phenoxy) is 2. The normalized spacial score (nSPS) is 13.4. The van der Waals surface area contributed by atoms with Crippen molar-refractivity contribution in [2.75, 3.05) is 23.9 Å². The minimum absolute atomic E-state index is 0.0122. The maximum atomic E-state index is 13.2. The number of rotatable bonds is 10. The van der Waals surface area contributed by atoms with Crippen LogP contribution in [-0.4, -0.2) is 31.6 Å². The standard InChI is InChI=1S/C27H29N3O4/c1-18(8-9-19-6-4-3-5-7-19)34-25-15-22(12-13-24(25)33-2)30-17-20-10-11-21(29-16-26(28)31)14-23(20)27(30)32/h3-7,10-15,18,29H,8-9,16-17H2,1-2H3,(H2,28,31). The van der Waals surface area contributed by atoms with Crippen molar-refractivity contribution >= 4 is 23.2 Å². The highest BCUT2D eigenvalue weighted by molar-refractivity contribution is 6.10. The van der Waals surface area contributed by atoms with Crippen LogP contribution in [0.3, 0.4) is 0 Å². The Kier molecular flexibility index (Phi) is 7.01. The first-order valence-electron chi connectivity index (χ1n) is 11.3. The molecule has 1 heterocycles. The Balaban J connectivity index is 1.48. The number of benzene rings is 3. The third-order valence-corrected chi connectivity index (χ3v) is 5.85. The van der Waals surface area contributed by atoms with Crippen LogP contribution in [0.1, 0.15) is 34.8 Å². The second kappa shape index (κ2) is 10.3. The van der Waals surface area contributed by atoms with Crippen molar-refractivity contribution in [3.63, 3.8) is 0 Å². The van der Waals surface area contributed by atoms with Gasteiger partial charge in [0.25, 0.3) is 5.91 Å². The zero-order chi connectivity index (χ0) is 24.1. The van der Waals surface area contributed by atoms with Crippen molar-refractivity contribution in [1.29, 1.82) is 0 Å². The molecule has 1 aliphatic heterocycles. The van der Waals surface area contributed by atoms with Crippen LogP contribution in [0.15, 0.2) is 66.7 Å². The Morgan fingerprint density at radius 1 is 1.09 bits per heavy atom. The lowest BCUT2D eigenvalue weighted by atomic mass is 10.1. The SMILES string of the molecule is COc1ccc(N2Cc3ccc(NCC(N)=O)cc3C2=O)cc1OC(C)CCc1ccccc1. The summed E-state index contributed by atoms with van der Waals surface area (Å²) in [5.41, 5.74) is 9.40. The molecular weight excluding hydrogens is 430 g/mol. The smallest absolute Gasteiger partial charge is 0.259 e. The number of nitrogens with one attached hydrogen (secondary N) is 1. The Bertz CT molecular complexity index is 1180. The van der Waals surface area contributed by atoms with Crippen LogP contribution >= 0.6 is 0 Å². The van der Waals surface area contributed by atoms with Gasteiger partial charge in [-0.3, -0.25) is 9.59 Å². The van der Waals surface area contributed by atoms with E-state index >= 15 is 0 Å². The summed E-state index contributed by atoms with van der Waals surface area (Å²) in [5, 5.41) is 2.94. The number of hydrogen-bond donors (Lipinski definition) is 2. The van der Waals surface area contributed by atoms with E-state index in [4.69, 9.17) is 15.2 Å². The van der Waals surface area contributed by atoms with E-state index in [-0.39, 0.29) is 18.6 Å². The van der Waals surface area contributed by atoms with Gasteiger partial charge in [0.2, 0.25) is 5.91 Å². The largest absolute Gasteiger partial charge is 0.493 e. The van der Waals surface area contributed by atoms with Gasteiger partial charge < -0.3 is 25.4 Å². The van der Waals surface area contributed by atoms with Gasteiger partial charge in [0, 0.05) is 23.0 Å². The number of nitrogens with zero attached hydrogens (tertiary/aromatic N) is 1. The van der Waals surface area contributed by atoms with Crippen molar-refractivity contribution < 1.29 is 19.1 Å². The van der Waals surface area contributed by atoms with Crippen LogP contribution in [-0.2, 0) is 17.8 Å². The first kappa shape index (κ1) is 23.2. The first-order valence-corrected chi connectivity index (χ1v) is 11.3. The highest BCUT2D eigenvalue weighted by atomic mass is 16.5. The van der Waals surface area contributed by atoms with Crippen LogP contribution in [0.2, 0.25) is 0 Å². The van der Waals surface area contributed by atoms with Crippen molar-refractivity contribution in [2.45, 2.75) is 32.4 Å². The van der Waals surface area contributed by atoms with Gasteiger partial charge in [-0.05, 0) is 55.2 Å². The monoisotopic (exact) mass is 459 g/mol. The molecule has 3 aromatic rings. The van der Waals surface area contributed by atoms with Gasteiger partial charge in [-0.1, -0.05) is 36.4 Å². The van der Waals surface area contributed by atoms with E-state index in [1.807, 2.05) is 55.5 Å². The summed E-state index contributed by atoms with van der Waals surface area (Å²) in [7, 11) is 1.61. The van der Waals surface area contributed by atoms with Gasteiger partial charge in [0.05, 0.1) is 26.3 Å². The number of nitrogens with two attached hydrogens (primary N) is 1. The lowest BCUT2D eigenvalue weighted by Crippen LogP contribution is -2.23. The second-order valence-corrected chi connectivity index (χ2v) is 8.37. The average Bonchev–Trinajstić information content (AvgIpc) is 3.18. The fourth-order valence-corrected chi connectivity index (χ4v) is 4.02. The topological polar surface area (TPSA) is 93.9 Å². The van der Waals surface area contributed by atoms with E-state index in [2.05, 4.69) is 17.4 Å². The fraction of sp³-hybridized carbons (Fsp3) is 0.259. The van der Waals surface area contributed by atoms with Gasteiger partial charge >= 0.3 is 0 Å². The minimum atomic E-state index is -0.461. The highest BCUT2D eigenvalue weighted by Crippen LogP contribution is 2.36. The minimum Gasteiger partial charge on any atom is -0.493 e. The molecule has 3 N–H and O–H groups in total. The van der Waals surface area contributed by atoms with Gasteiger partial charge in [-0.25, -0.2) is 0 Å². The number of carbonyl (C=O) groups is 2. The molecule has 0 saturated carbocycles. The molecule has 7 heteroatoms. The van der Waals surface area contributed by atoms with Crippen LogP contribution in [0.5, 0.6) is 11.5 Å². The molecule has 0 spiro atoms. The summed E-state index contributed by atoms with van der Waals surface area (Å²) in [6.45, 7) is 2.50. The zero-order valence-electron chi connectivity index (χ0n) is 19.4. The van der Waals surface area contributed by atoms with Crippen LogP contribution in [0, 0.1) is 0 Å². The molecule has 3 aromatic carbocycles. The van der Waals surface area contributed by atoms with E-state index < -0.39 is 5.91 Å². The summed E-state index contributed by atoms with van der Waals surface area (Å²) in [6.07, 6.45) is 1.73. The third kappa shape index (κ3) is 5.31. The highest BCUT2D eigenvalue weighted by Gasteiger charge is 2.29. The molecule has 2 amide bonds. The molecule has 1 atom stereocenters. The molecule has 0 radical (unpaired) electrons. The van der Waals surface area contributed by atoms with Crippen molar-refractivity contribution in [1.82, 2.24) is 0 Å². The molecule has 7 nitrogen and oxygen atoms in total. The van der Waals surface area contributed by atoms with E-state index in [0.717, 1.165) is 24.1 Å². The van der Waals surface area contributed by atoms with Crippen LogP contribution in [0.25, 0.3) is 0 Å². The van der Waals surface area contributed by atoms with E-state index in [1.165, 1.54) is 5.56 Å². The molecule has 0 aromatic heterocycles. The molecule has 0 fully saturated rings. The van der Waals surface area contributed by atoms with Crippen molar-refractivity contribution in [2.24, 2.45) is 5.73 Å². The number of anilines is 2. The first-order chi connectivity index (χ1) is 16.4. The average molecular weight is 460 g/mol. The summed E-state index contributed by atoms with van der Waals surface area (Å²) in [5.74, 6) is 0.661. The van der Waals surface area contributed by atoms with Gasteiger partial charge in [0.1, 0.15) is 0 Å². The summed E-state index contributed by atoms with van der Waals surface area (Å²) in [4.78, 5) is 25.9. The Morgan fingerprint density at radius 3 is 2.62 bits per heavy atom. The number of hydrogen-bond acceptors (Lipinski definition) is 5. The molecular formula is C27H29N3O4. The summed E-state index contributed by atoms with van der Waals surface area (Å²) >= 11 is 0.